The lowest BCUT2D eigenvalue weighted by atomic mass is 10.0. The molecule has 5 heteroatoms. The smallest absolute Gasteiger partial charge is 0.233 e. The molecule has 2 aromatic carbocycles. The third-order valence-corrected chi connectivity index (χ3v) is 5.19. The van der Waals surface area contributed by atoms with E-state index in [1.807, 2.05) is 54.3 Å². The highest BCUT2D eigenvalue weighted by molar-refractivity contribution is 9.10. The summed E-state index contributed by atoms with van der Waals surface area (Å²) in [7, 11) is 0. The van der Waals surface area contributed by atoms with Gasteiger partial charge in [-0.25, -0.2) is 4.98 Å². The van der Waals surface area contributed by atoms with Crippen LogP contribution in [0.15, 0.2) is 57.4 Å². The van der Waals surface area contributed by atoms with Crippen molar-refractivity contribution in [2.24, 2.45) is 0 Å². The summed E-state index contributed by atoms with van der Waals surface area (Å²) in [6.45, 7) is 2.61. The quantitative estimate of drug-likeness (QED) is 0.614. The van der Waals surface area contributed by atoms with E-state index in [4.69, 9.17) is 4.42 Å². The van der Waals surface area contributed by atoms with E-state index in [2.05, 4.69) is 27.0 Å². The Hall–Kier alpha value is -2.40. The molecule has 1 aromatic heterocycles. The van der Waals surface area contributed by atoms with Gasteiger partial charge in [-0.3, -0.25) is 4.79 Å². The van der Waals surface area contributed by atoms with Gasteiger partial charge >= 0.3 is 0 Å². The normalized spacial score (nSPS) is 13.5. The van der Waals surface area contributed by atoms with E-state index in [1.54, 1.807) is 0 Å². The molecular weight excluding hydrogens is 392 g/mol. The largest absolute Gasteiger partial charge is 0.441 e. The molecule has 4 rings (SSSR count). The summed E-state index contributed by atoms with van der Waals surface area (Å²) < 4.78 is 6.83. The Morgan fingerprint density at radius 2 is 2.04 bits per heavy atom. The maximum atomic E-state index is 12.9. The van der Waals surface area contributed by atoms with Crippen LogP contribution >= 0.6 is 15.9 Å². The van der Waals surface area contributed by atoms with E-state index in [0.717, 1.165) is 35.1 Å². The first-order valence-corrected chi connectivity index (χ1v) is 9.51. The summed E-state index contributed by atoms with van der Waals surface area (Å²) in [5, 5.41) is 0. The van der Waals surface area contributed by atoms with E-state index >= 15 is 0 Å². The Kier molecular flexibility index (Phi) is 4.64. The van der Waals surface area contributed by atoms with E-state index in [-0.39, 0.29) is 12.3 Å². The second kappa shape index (κ2) is 7.08. The molecule has 132 valence electrons. The number of anilines is 1. The van der Waals surface area contributed by atoms with Crippen molar-refractivity contribution in [3.63, 3.8) is 0 Å². The lowest BCUT2D eigenvalue weighted by Gasteiger charge is -2.29. The van der Waals surface area contributed by atoms with Crippen LogP contribution in [0.25, 0.3) is 11.5 Å². The summed E-state index contributed by atoms with van der Waals surface area (Å²) in [6, 6.07) is 15.9. The molecule has 0 atom stereocenters. The third-order valence-electron chi connectivity index (χ3n) is 4.69. The van der Waals surface area contributed by atoms with Crippen molar-refractivity contribution in [1.82, 2.24) is 4.98 Å². The topological polar surface area (TPSA) is 46.3 Å². The molecule has 1 aliphatic heterocycles. The molecule has 0 bridgehead atoms. The lowest BCUT2D eigenvalue weighted by molar-refractivity contribution is -0.118. The zero-order chi connectivity index (χ0) is 18.1. The van der Waals surface area contributed by atoms with Crippen molar-refractivity contribution in [2.45, 2.75) is 26.2 Å². The average molecular weight is 411 g/mol. The highest BCUT2D eigenvalue weighted by Crippen LogP contribution is 2.30. The number of fused-ring (bicyclic) bond motifs is 1. The summed E-state index contributed by atoms with van der Waals surface area (Å²) in [6.07, 6.45) is 2.22. The third kappa shape index (κ3) is 3.31. The van der Waals surface area contributed by atoms with Gasteiger partial charge in [-0.2, -0.15) is 0 Å². The fraction of sp³-hybridized carbons (Fsp3) is 0.238. The molecule has 4 nitrogen and oxygen atoms in total. The number of carbonyl (C=O) groups is 1. The van der Waals surface area contributed by atoms with Gasteiger partial charge in [0.05, 0.1) is 12.1 Å². The predicted octanol–water partition coefficient (Wildman–Crippen LogP) is 4.93. The van der Waals surface area contributed by atoms with Crippen molar-refractivity contribution in [3.8, 4) is 11.5 Å². The first-order valence-electron chi connectivity index (χ1n) is 8.72. The minimum Gasteiger partial charge on any atom is -0.441 e. The molecule has 2 heterocycles. The van der Waals surface area contributed by atoms with Crippen molar-refractivity contribution >= 4 is 27.5 Å². The van der Waals surface area contributed by atoms with E-state index < -0.39 is 0 Å². The molecule has 0 spiro atoms. The molecule has 0 radical (unpaired) electrons. The standard InChI is InChI=1S/C21H19BrN2O2/c1-14-18(23-21(26-14)15-6-3-2-4-7-15)13-20(25)24-11-5-8-16-12-17(22)9-10-19(16)24/h2-4,6-7,9-10,12H,5,8,11,13H2,1H3. The fourth-order valence-electron chi connectivity index (χ4n) is 3.36. The Morgan fingerprint density at radius 1 is 1.23 bits per heavy atom. The number of hydrogen-bond donors (Lipinski definition) is 0. The number of carbonyl (C=O) groups excluding carboxylic acids is 1. The molecule has 0 aliphatic carbocycles. The second-order valence-corrected chi connectivity index (χ2v) is 7.40. The number of amides is 1. The Morgan fingerprint density at radius 3 is 2.85 bits per heavy atom. The molecule has 3 aromatic rings. The number of hydrogen-bond acceptors (Lipinski definition) is 3. The van der Waals surface area contributed by atoms with Crippen LogP contribution in [0.1, 0.15) is 23.4 Å². The van der Waals surface area contributed by atoms with Gasteiger partial charge < -0.3 is 9.32 Å². The van der Waals surface area contributed by atoms with Gasteiger partial charge in [0.15, 0.2) is 0 Å². The highest BCUT2D eigenvalue weighted by atomic mass is 79.9. The zero-order valence-electron chi connectivity index (χ0n) is 14.5. The number of nitrogens with zero attached hydrogens (tertiary/aromatic N) is 2. The molecule has 0 saturated heterocycles. The summed E-state index contributed by atoms with van der Waals surface area (Å²) in [4.78, 5) is 19.4. The Balaban J connectivity index is 1.57. The molecule has 0 saturated carbocycles. The van der Waals surface area contributed by atoms with Crippen LogP contribution < -0.4 is 4.90 Å². The second-order valence-electron chi connectivity index (χ2n) is 6.49. The number of aromatic nitrogens is 1. The number of rotatable bonds is 3. The van der Waals surface area contributed by atoms with E-state index in [1.165, 1.54) is 5.56 Å². The van der Waals surface area contributed by atoms with Gasteiger partial charge in [-0.15, -0.1) is 0 Å². The van der Waals surface area contributed by atoms with Gasteiger partial charge in [-0.05, 0) is 55.7 Å². The van der Waals surface area contributed by atoms with Crippen LogP contribution in [0.2, 0.25) is 0 Å². The van der Waals surface area contributed by atoms with Gasteiger partial charge in [0.1, 0.15) is 5.76 Å². The summed E-state index contributed by atoms with van der Waals surface area (Å²) in [5.74, 6) is 1.32. The molecular formula is C21H19BrN2O2. The molecule has 0 N–H and O–H groups in total. The molecule has 1 aliphatic rings. The molecule has 1 amide bonds. The monoisotopic (exact) mass is 410 g/mol. The number of aryl methyl sites for hydroxylation is 2. The molecule has 0 fully saturated rings. The SMILES string of the molecule is Cc1oc(-c2ccccc2)nc1CC(=O)N1CCCc2cc(Br)ccc21. The van der Waals surface area contributed by atoms with Crippen molar-refractivity contribution in [2.75, 3.05) is 11.4 Å². The fourth-order valence-corrected chi connectivity index (χ4v) is 3.77. The molecule has 26 heavy (non-hydrogen) atoms. The Labute approximate surface area is 161 Å². The van der Waals surface area contributed by atoms with E-state index in [9.17, 15) is 4.79 Å². The van der Waals surface area contributed by atoms with E-state index in [0.29, 0.717) is 17.3 Å². The minimum atomic E-state index is 0.0595. The van der Waals surface area contributed by atoms with Crippen LogP contribution in [0.3, 0.4) is 0 Å². The summed E-state index contributed by atoms with van der Waals surface area (Å²) >= 11 is 3.51. The highest BCUT2D eigenvalue weighted by Gasteiger charge is 2.24. The number of oxazole rings is 1. The number of benzene rings is 2. The van der Waals surface area contributed by atoms with Gasteiger partial charge in [0.2, 0.25) is 11.8 Å². The van der Waals surface area contributed by atoms with Crippen LogP contribution in [0.5, 0.6) is 0 Å². The lowest BCUT2D eigenvalue weighted by Crippen LogP contribution is -2.36. The van der Waals surface area contributed by atoms with Crippen LogP contribution in [0, 0.1) is 6.92 Å². The minimum absolute atomic E-state index is 0.0595. The maximum Gasteiger partial charge on any atom is 0.233 e. The first-order chi connectivity index (χ1) is 12.6. The van der Waals surface area contributed by atoms with Crippen molar-refractivity contribution in [1.29, 1.82) is 0 Å². The predicted molar refractivity (Wildman–Crippen MR) is 105 cm³/mol. The zero-order valence-corrected chi connectivity index (χ0v) is 16.1. The van der Waals surface area contributed by atoms with Crippen molar-refractivity contribution < 1.29 is 9.21 Å². The van der Waals surface area contributed by atoms with Crippen LogP contribution in [0.4, 0.5) is 5.69 Å². The maximum absolute atomic E-state index is 12.9. The van der Waals surface area contributed by atoms with Gasteiger partial charge in [-0.1, -0.05) is 34.1 Å². The number of halogens is 1. The van der Waals surface area contributed by atoms with Gasteiger partial charge in [0.25, 0.3) is 0 Å². The van der Waals surface area contributed by atoms with Crippen LogP contribution in [-0.4, -0.2) is 17.4 Å². The molecule has 0 unspecified atom stereocenters. The van der Waals surface area contributed by atoms with Crippen LogP contribution in [-0.2, 0) is 17.6 Å². The first kappa shape index (κ1) is 17.0. The Bertz CT molecular complexity index is 950. The van der Waals surface area contributed by atoms with Gasteiger partial charge in [0, 0.05) is 22.3 Å². The summed E-state index contributed by atoms with van der Waals surface area (Å²) in [5.41, 5.74) is 3.84. The average Bonchev–Trinajstić information content (AvgIpc) is 3.02. The van der Waals surface area contributed by atoms with Crippen molar-refractivity contribution in [3.05, 3.63) is 70.0 Å².